The lowest BCUT2D eigenvalue weighted by Gasteiger charge is -2.46. The van der Waals surface area contributed by atoms with Crippen molar-refractivity contribution in [3.05, 3.63) is 109 Å². The summed E-state index contributed by atoms with van der Waals surface area (Å²) >= 11 is 0. The first kappa shape index (κ1) is 89.7. The first-order valence-electron chi connectivity index (χ1n) is 39.6. The minimum Gasteiger partial charge on any atom is -0.394 e. The van der Waals surface area contributed by atoms with Crippen LogP contribution in [0.1, 0.15) is 316 Å². The van der Waals surface area contributed by atoms with Gasteiger partial charge in [-0.2, -0.15) is 0 Å². The number of hydrogen-bond acceptors (Lipinski definition) is 13. The Morgan fingerprint density at radius 2 is 0.711 bits per heavy atom. The van der Waals surface area contributed by atoms with E-state index in [1.807, 2.05) is 0 Å². The summed E-state index contributed by atoms with van der Waals surface area (Å²) in [5.74, 6) is -0.210. The molecular formula is C83H145NO13. The van der Waals surface area contributed by atoms with Gasteiger partial charge in [-0.25, -0.2) is 0 Å². The van der Waals surface area contributed by atoms with E-state index in [1.165, 1.54) is 173 Å². The molecule has 560 valence electrons. The van der Waals surface area contributed by atoms with Crippen molar-refractivity contribution in [1.82, 2.24) is 5.32 Å². The molecule has 2 heterocycles. The second-order valence-electron chi connectivity index (χ2n) is 27.5. The van der Waals surface area contributed by atoms with Crippen LogP contribution >= 0.6 is 0 Å². The summed E-state index contributed by atoms with van der Waals surface area (Å²) in [6.07, 6.45) is 78.2. The summed E-state index contributed by atoms with van der Waals surface area (Å²) in [7, 11) is 0. The van der Waals surface area contributed by atoms with Gasteiger partial charge in [0.25, 0.3) is 0 Å². The molecular weight excluding hydrogens is 1220 g/mol. The second-order valence-corrected chi connectivity index (χ2v) is 27.5. The normalized spacial score (nSPS) is 22.7. The quantitative estimate of drug-likeness (QED) is 0.0204. The van der Waals surface area contributed by atoms with Gasteiger partial charge in [-0.05, 0) is 83.5 Å². The van der Waals surface area contributed by atoms with E-state index in [2.05, 4.69) is 129 Å². The van der Waals surface area contributed by atoms with Gasteiger partial charge in [0, 0.05) is 6.42 Å². The van der Waals surface area contributed by atoms with Crippen LogP contribution in [-0.4, -0.2) is 140 Å². The molecule has 14 nitrogen and oxygen atoms in total. The van der Waals surface area contributed by atoms with Crippen molar-refractivity contribution in [3.8, 4) is 0 Å². The highest BCUT2D eigenvalue weighted by atomic mass is 16.7. The fourth-order valence-corrected chi connectivity index (χ4v) is 12.5. The smallest absolute Gasteiger partial charge is 0.220 e. The van der Waals surface area contributed by atoms with Crippen LogP contribution in [0, 0.1) is 0 Å². The van der Waals surface area contributed by atoms with Crippen molar-refractivity contribution in [3.63, 3.8) is 0 Å². The number of nitrogens with one attached hydrogen (secondary N) is 1. The van der Waals surface area contributed by atoms with Crippen LogP contribution in [0.4, 0.5) is 0 Å². The number of aliphatic hydroxyl groups excluding tert-OH is 8. The first-order chi connectivity index (χ1) is 47.6. The molecule has 2 rings (SSSR count). The second kappa shape index (κ2) is 65.9. The van der Waals surface area contributed by atoms with Crippen LogP contribution in [0.15, 0.2) is 109 Å². The van der Waals surface area contributed by atoms with Crippen molar-refractivity contribution in [2.24, 2.45) is 0 Å². The van der Waals surface area contributed by atoms with Gasteiger partial charge >= 0.3 is 0 Å². The zero-order valence-electron chi connectivity index (χ0n) is 61.3. The van der Waals surface area contributed by atoms with Gasteiger partial charge in [-0.1, -0.05) is 335 Å². The third kappa shape index (κ3) is 49.0. The van der Waals surface area contributed by atoms with Gasteiger partial charge < -0.3 is 65.1 Å². The Morgan fingerprint density at radius 3 is 1.09 bits per heavy atom. The molecule has 0 radical (unpaired) electrons. The summed E-state index contributed by atoms with van der Waals surface area (Å²) in [6, 6.07) is -0.839. The SMILES string of the molecule is CC/C=C\C/C=C\C/C=C\C/C=C\C/C=C\C/C=C\C/C=C\C/C=C\C/C=C\CCCCCCCCCCCCCC(=O)NC(COC1OC(CO)C(OC2OC(CO)C(O)C(O)C2O)C(O)C1O)C(O)CCCCCCCCCCCCCCCCCCCCCCCCCC. The minimum absolute atomic E-state index is 0.210. The average Bonchev–Trinajstić information content (AvgIpc) is 0.794. The van der Waals surface area contributed by atoms with Crippen molar-refractivity contribution in [2.75, 3.05) is 19.8 Å². The maximum Gasteiger partial charge on any atom is 0.220 e. The molecule has 14 heteroatoms. The molecule has 0 spiro atoms. The van der Waals surface area contributed by atoms with Crippen molar-refractivity contribution < 1.29 is 64.6 Å². The van der Waals surface area contributed by atoms with Gasteiger partial charge in [-0.15, -0.1) is 0 Å². The van der Waals surface area contributed by atoms with Crippen LogP contribution in [-0.2, 0) is 23.7 Å². The number of rotatable bonds is 65. The fourth-order valence-electron chi connectivity index (χ4n) is 12.5. The third-order valence-corrected chi connectivity index (χ3v) is 18.8. The molecule has 12 unspecified atom stereocenters. The van der Waals surface area contributed by atoms with E-state index in [0.717, 1.165) is 109 Å². The monoisotopic (exact) mass is 1360 g/mol. The number of allylic oxidation sites excluding steroid dienone is 18. The van der Waals surface area contributed by atoms with Crippen molar-refractivity contribution in [1.29, 1.82) is 0 Å². The molecule has 12 atom stereocenters. The summed E-state index contributed by atoms with van der Waals surface area (Å²) < 4.78 is 23.0. The van der Waals surface area contributed by atoms with Gasteiger partial charge in [0.1, 0.15) is 48.8 Å². The molecule has 0 aromatic rings. The summed E-state index contributed by atoms with van der Waals surface area (Å²) in [5.41, 5.74) is 0. The Balaban J connectivity index is 1.61. The van der Waals surface area contributed by atoms with E-state index in [1.54, 1.807) is 0 Å². The van der Waals surface area contributed by atoms with Gasteiger partial charge in [0.15, 0.2) is 12.6 Å². The molecule has 9 N–H and O–H groups in total. The fraction of sp³-hybridized carbons (Fsp3) is 0.771. The largest absolute Gasteiger partial charge is 0.394 e. The maximum atomic E-state index is 13.4. The van der Waals surface area contributed by atoms with Gasteiger partial charge in [0.05, 0.1) is 32.0 Å². The number of unbranched alkanes of at least 4 members (excludes halogenated alkanes) is 34. The molecule has 0 bridgehead atoms. The molecule has 0 aromatic heterocycles. The Kier molecular flexibility index (Phi) is 61.0. The predicted molar refractivity (Wildman–Crippen MR) is 401 cm³/mol. The van der Waals surface area contributed by atoms with E-state index >= 15 is 0 Å². The lowest BCUT2D eigenvalue weighted by molar-refractivity contribution is -0.359. The Hall–Kier alpha value is -3.35. The van der Waals surface area contributed by atoms with Crippen LogP contribution in [0.3, 0.4) is 0 Å². The number of carbonyl (C=O) groups is 1. The van der Waals surface area contributed by atoms with Gasteiger partial charge in [0.2, 0.25) is 5.91 Å². The molecule has 0 saturated carbocycles. The van der Waals surface area contributed by atoms with Crippen LogP contribution in [0.25, 0.3) is 0 Å². The van der Waals surface area contributed by atoms with E-state index in [4.69, 9.17) is 18.9 Å². The van der Waals surface area contributed by atoms with Crippen molar-refractivity contribution >= 4 is 5.91 Å². The lowest BCUT2D eigenvalue weighted by atomic mass is 9.97. The zero-order chi connectivity index (χ0) is 70.1. The van der Waals surface area contributed by atoms with E-state index in [-0.39, 0.29) is 12.5 Å². The Morgan fingerprint density at radius 1 is 0.381 bits per heavy atom. The van der Waals surface area contributed by atoms with Crippen LogP contribution < -0.4 is 5.32 Å². The molecule has 2 aliphatic heterocycles. The zero-order valence-corrected chi connectivity index (χ0v) is 61.3. The van der Waals surface area contributed by atoms with E-state index < -0.39 is 86.8 Å². The number of amides is 1. The topological polar surface area (TPSA) is 228 Å². The molecule has 0 aromatic carbocycles. The lowest BCUT2D eigenvalue weighted by Crippen LogP contribution is -2.65. The number of carbonyl (C=O) groups excluding carboxylic acids is 1. The maximum absolute atomic E-state index is 13.4. The molecule has 2 fully saturated rings. The highest BCUT2D eigenvalue weighted by Crippen LogP contribution is 2.30. The number of aliphatic hydroxyl groups is 8. The summed E-state index contributed by atoms with van der Waals surface area (Å²) in [6.45, 7) is 2.78. The first-order valence-corrected chi connectivity index (χ1v) is 39.6. The third-order valence-electron chi connectivity index (χ3n) is 18.8. The van der Waals surface area contributed by atoms with E-state index in [9.17, 15) is 45.6 Å². The molecule has 0 aliphatic carbocycles. The Labute approximate surface area is 591 Å². The summed E-state index contributed by atoms with van der Waals surface area (Å²) in [5, 5.41) is 87.8. The summed E-state index contributed by atoms with van der Waals surface area (Å²) in [4.78, 5) is 13.4. The molecule has 97 heavy (non-hydrogen) atoms. The Bertz CT molecular complexity index is 2050. The highest BCUT2D eigenvalue weighted by Gasteiger charge is 2.51. The standard InChI is InChI=1S/C83H145NO13/c1-3-5-7-9-11-13-15-17-19-21-23-25-27-29-30-31-32-33-34-35-36-37-38-39-40-41-42-43-45-47-49-51-53-55-57-59-61-63-65-67-75(88)84-71(70-94-82-80(93)78(91)81(74(69-86)96-82)97-83-79(92)77(90)76(89)73(68-85)95-83)72(87)66-64-62-60-58-56-54-52-50-48-46-44-28-26-24-22-20-18-16-14-12-10-8-6-4-2/h5,7,11,13,17,19,23,25,29-30,32-33,35-36,38-39,41-42,71-74,76-83,85-87,89-93H,3-4,6,8-10,12,14-16,18,20-22,24,26-28,31,34,37,40,43-70H2,1-2H3,(H,84,88)/b7-5-,13-11-,19-17-,25-23-,30-29-,33-32-,36-35-,39-38-,42-41-. The van der Waals surface area contributed by atoms with Crippen molar-refractivity contribution in [2.45, 2.75) is 389 Å². The average molecular weight is 1370 g/mol. The molecule has 1 amide bonds. The molecule has 2 aliphatic rings. The van der Waals surface area contributed by atoms with Crippen LogP contribution in [0.5, 0.6) is 0 Å². The van der Waals surface area contributed by atoms with Crippen LogP contribution in [0.2, 0.25) is 0 Å². The predicted octanol–water partition coefficient (Wildman–Crippen LogP) is 17.9. The highest BCUT2D eigenvalue weighted by molar-refractivity contribution is 5.76. The van der Waals surface area contributed by atoms with E-state index in [0.29, 0.717) is 19.3 Å². The molecule has 2 saturated heterocycles. The van der Waals surface area contributed by atoms with Gasteiger partial charge in [-0.3, -0.25) is 4.79 Å². The number of hydrogen-bond donors (Lipinski definition) is 9. The minimum atomic E-state index is -1.79. The number of ether oxygens (including phenoxy) is 4.